The van der Waals surface area contributed by atoms with Crippen LogP contribution < -0.4 is 5.32 Å². The predicted molar refractivity (Wildman–Crippen MR) is 90.8 cm³/mol. The summed E-state index contributed by atoms with van der Waals surface area (Å²) in [7, 11) is 0. The first-order valence-corrected chi connectivity index (χ1v) is 8.02. The van der Waals surface area contributed by atoms with E-state index in [1.54, 1.807) is 12.1 Å². The molecule has 1 amide bonds. The number of hydrogen-bond acceptors (Lipinski definition) is 4. The lowest BCUT2D eigenvalue weighted by Gasteiger charge is -2.08. The van der Waals surface area contributed by atoms with Crippen LogP contribution in [-0.4, -0.2) is 16.0 Å². The molecule has 5 heteroatoms. The number of hydrogen-bond donors (Lipinski definition) is 1. The Bertz CT molecular complexity index is 880. The third-order valence-corrected chi connectivity index (χ3v) is 4.17. The van der Waals surface area contributed by atoms with Crippen LogP contribution >= 0.6 is 0 Å². The number of carbonyl (C=O) groups is 1. The SMILES string of the molecule is Cc1ccccc1NC(=O)c1ccc(-c2noc(C3CC3)n2)cc1. The van der Waals surface area contributed by atoms with Crippen LogP contribution in [0.1, 0.15) is 40.6 Å². The lowest BCUT2D eigenvalue weighted by Crippen LogP contribution is -2.12. The Labute approximate surface area is 139 Å². The Morgan fingerprint density at radius 1 is 1.12 bits per heavy atom. The number of nitrogens with zero attached hydrogens (tertiary/aromatic N) is 2. The molecule has 4 rings (SSSR count). The van der Waals surface area contributed by atoms with Crippen molar-refractivity contribution in [3.8, 4) is 11.4 Å². The van der Waals surface area contributed by atoms with Crippen LogP contribution in [0.5, 0.6) is 0 Å². The van der Waals surface area contributed by atoms with Gasteiger partial charge in [0.2, 0.25) is 11.7 Å². The van der Waals surface area contributed by atoms with Crippen molar-refractivity contribution in [3.63, 3.8) is 0 Å². The molecule has 0 unspecified atom stereocenters. The van der Waals surface area contributed by atoms with Crippen LogP contribution in [0.4, 0.5) is 5.69 Å². The van der Waals surface area contributed by atoms with E-state index in [0.29, 0.717) is 23.2 Å². The zero-order chi connectivity index (χ0) is 16.5. The summed E-state index contributed by atoms with van der Waals surface area (Å²) >= 11 is 0. The average molecular weight is 319 g/mol. The second-order valence-corrected chi connectivity index (χ2v) is 6.08. The van der Waals surface area contributed by atoms with E-state index in [2.05, 4.69) is 15.5 Å². The summed E-state index contributed by atoms with van der Waals surface area (Å²) in [6.45, 7) is 1.96. The molecular formula is C19H17N3O2. The van der Waals surface area contributed by atoms with Gasteiger partial charge in [0.15, 0.2) is 0 Å². The van der Waals surface area contributed by atoms with Crippen LogP contribution in [0.3, 0.4) is 0 Å². The molecule has 1 heterocycles. The standard InChI is InChI=1S/C19H17N3O2/c1-12-4-2-3-5-16(12)20-18(23)14-8-6-13(7-9-14)17-21-19(24-22-17)15-10-11-15/h2-9,15H,10-11H2,1H3,(H,20,23). The molecule has 1 N–H and O–H groups in total. The lowest BCUT2D eigenvalue weighted by atomic mass is 10.1. The molecule has 0 saturated heterocycles. The molecule has 0 bridgehead atoms. The molecule has 24 heavy (non-hydrogen) atoms. The van der Waals surface area contributed by atoms with Crippen molar-refractivity contribution < 1.29 is 9.32 Å². The van der Waals surface area contributed by atoms with Crippen molar-refractivity contribution in [3.05, 3.63) is 65.5 Å². The Morgan fingerprint density at radius 3 is 2.58 bits per heavy atom. The number of carbonyl (C=O) groups excluding carboxylic acids is 1. The highest BCUT2D eigenvalue weighted by Crippen LogP contribution is 2.39. The first-order chi connectivity index (χ1) is 11.7. The number of anilines is 1. The van der Waals surface area contributed by atoms with E-state index >= 15 is 0 Å². The first kappa shape index (κ1) is 14.6. The van der Waals surface area contributed by atoms with Crippen molar-refractivity contribution in [1.82, 2.24) is 10.1 Å². The molecule has 2 aromatic carbocycles. The molecule has 0 radical (unpaired) electrons. The summed E-state index contributed by atoms with van der Waals surface area (Å²) in [6.07, 6.45) is 2.25. The van der Waals surface area contributed by atoms with Crippen molar-refractivity contribution in [2.75, 3.05) is 5.32 Å². The number of rotatable bonds is 4. The molecule has 3 aromatic rings. The van der Waals surface area contributed by atoms with Gasteiger partial charge in [-0.1, -0.05) is 35.5 Å². The molecule has 5 nitrogen and oxygen atoms in total. The van der Waals surface area contributed by atoms with Crippen LogP contribution in [0.25, 0.3) is 11.4 Å². The maximum atomic E-state index is 12.4. The average Bonchev–Trinajstić information content (AvgIpc) is 3.34. The Balaban J connectivity index is 1.50. The minimum Gasteiger partial charge on any atom is -0.339 e. The third kappa shape index (κ3) is 2.93. The minimum atomic E-state index is -0.136. The number of amides is 1. The Kier molecular flexibility index (Phi) is 3.61. The normalized spacial score (nSPS) is 13.7. The van der Waals surface area contributed by atoms with E-state index in [4.69, 9.17) is 4.52 Å². The summed E-state index contributed by atoms with van der Waals surface area (Å²) in [5.41, 5.74) is 3.28. The topological polar surface area (TPSA) is 68.0 Å². The zero-order valence-corrected chi connectivity index (χ0v) is 13.3. The van der Waals surface area contributed by atoms with E-state index in [0.717, 1.165) is 29.7 Å². The van der Waals surface area contributed by atoms with Gasteiger partial charge in [0.1, 0.15) is 0 Å². The summed E-state index contributed by atoms with van der Waals surface area (Å²) in [5.74, 6) is 1.59. The van der Waals surface area contributed by atoms with Crippen molar-refractivity contribution >= 4 is 11.6 Å². The highest BCUT2D eigenvalue weighted by Gasteiger charge is 2.29. The van der Waals surface area contributed by atoms with Crippen molar-refractivity contribution in [2.45, 2.75) is 25.7 Å². The number of aromatic nitrogens is 2. The van der Waals surface area contributed by atoms with E-state index in [1.807, 2.05) is 43.3 Å². The quantitative estimate of drug-likeness (QED) is 0.783. The minimum absolute atomic E-state index is 0.136. The molecule has 1 aromatic heterocycles. The predicted octanol–water partition coefficient (Wildman–Crippen LogP) is 4.17. The number of benzene rings is 2. The van der Waals surface area contributed by atoms with Gasteiger partial charge in [-0.2, -0.15) is 4.98 Å². The fourth-order valence-corrected chi connectivity index (χ4v) is 2.53. The third-order valence-electron chi connectivity index (χ3n) is 4.17. The van der Waals surface area contributed by atoms with Gasteiger partial charge in [0.05, 0.1) is 0 Å². The van der Waals surface area contributed by atoms with Crippen LogP contribution in [0, 0.1) is 6.92 Å². The van der Waals surface area contributed by atoms with Gasteiger partial charge >= 0.3 is 0 Å². The fraction of sp³-hybridized carbons (Fsp3) is 0.211. The molecule has 1 aliphatic rings. The lowest BCUT2D eigenvalue weighted by molar-refractivity contribution is 0.102. The number of para-hydroxylation sites is 1. The molecule has 1 saturated carbocycles. The maximum Gasteiger partial charge on any atom is 0.255 e. The molecule has 0 atom stereocenters. The number of nitrogens with one attached hydrogen (secondary N) is 1. The monoisotopic (exact) mass is 319 g/mol. The van der Waals surface area contributed by atoms with E-state index in [9.17, 15) is 4.79 Å². The van der Waals surface area contributed by atoms with Crippen LogP contribution in [0.15, 0.2) is 53.1 Å². The highest BCUT2D eigenvalue weighted by atomic mass is 16.5. The summed E-state index contributed by atoms with van der Waals surface area (Å²) in [4.78, 5) is 16.8. The molecule has 1 fully saturated rings. The maximum absolute atomic E-state index is 12.4. The molecule has 0 spiro atoms. The molecule has 120 valence electrons. The number of aryl methyl sites for hydroxylation is 1. The Morgan fingerprint density at radius 2 is 1.88 bits per heavy atom. The van der Waals surface area contributed by atoms with E-state index in [1.165, 1.54) is 0 Å². The smallest absolute Gasteiger partial charge is 0.255 e. The summed E-state index contributed by atoms with van der Waals surface area (Å²) < 4.78 is 5.27. The highest BCUT2D eigenvalue weighted by molar-refractivity contribution is 6.04. The van der Waals surface area contributed by atoms with E-state index < -0.39 is 0 Å². The van der Waals surface area contributed by atoms with Gasteiger partial charge in [-0.05, 0) is 43.5 Å². The summed E-state index contributed by atoms with van der Waals surface area (Å²) in [6, 6.07) is 14.9. The summed E-state index contributed by atoms with van der Waals surface area (Å²) in [5, 5.41) is 6.94. The van der Waals surface area contributed by atoms with Gasteiger partial charge in [-0.3, -0.25) is 4.79 Å². The van der Waals surface area contributed by atoms with Gasteiger partial charge in [-0.15, -0.1) is 0 Å². The van der Waals surface area contributed by atoms with E-state index in [-0.39, 0.29) is 5.91 Å². The van der Waals surface area contributed by atoms with Crippen molar-refractivity contribution in [1.29, 1.82) is 0 Å². The largest absolute Gasteiger partial charge is 0.339 e. The zero-order valence-electron chi connectivity index (χ0n) is 13.3. The second-order valence-electron chi connectivity index (χ2n) is 6.08. The van der Waals surface area contributed by atoms with Gasteiger partial charge in [-0.25, -0.2) is 0 Å². The van der Waals surface area contributed by atoms with Gasteiger partial charge in [0.25, 0.3) is 5.91 Å². The van der Waals surface area contributed by atoms with Crippen LogP contribution in [-0.2, 0) is 0 Å². The van der Waals surface area contributed by atoms with Crippen LogP contribution in [0.2, 0.25) is 0 Å². The molecule has 1 aliphatic carbocycles. The molecular weight excluding hydrogens is 302 g/mol. The van der Waals surface area contributed by atoms with Crippen molar-refractivity contribution in [2.24, 2.45) is 0 Å². The van der Waals surface area contributed by atoms with Gasteiger partial charge in [0, 0.05) is 22.7 Å². The first-order valence-electron chi connectivity index (χ1n) is 8.02. The Hall–Kier alpha value is -2.95. The van der Waals surface area contributed by atoms with Gasteiger partial charge < -0.3 is 9.84 Å². The second kappa shape index (κ2) is 5.92. The fourth-order valence-electron chi connectivity index (χ4n) is 2.53. The molecule has 0 aliphatic heterocycles.